The Morgan fingerprint density at radius 1 is 0.731 bits per heavy atom. The fourth-order valence-corrected chi connectivity index (χ4v) is 2.57. The van der Waals surface area contributed by atoms with Crippen molar-refractivity contribution in [1.82, 2.24) is 19.9 Å². The number of rotatable bonds is 4. The number of carbonyl (C=O) groups is 1. The van der Waals surface area contributed by atoms with Gasteiger partial charge in [-0.15, -0.1) is 0 Å². The summed E-state index contributed by atoms with van der Waals surface area (Å²) in [5.74, 6) is 0.575. The minimum Gasteiger partial charge on any atom is -0.324 e. The van der Waals surface area contributed by atoms with Crippen LogP contribution in [-0.4, -0.2) is 25.8 Å². The number of aromatic nitrogens is 4. The van der Waals surface area contributed by atoms with Crippen LogP contribution in [0.4, 0.5) is 17.6 Å². The summed E-state index contributed by atoms with van der Waals surface area (Å²) in [4.78, 5) is 29.5. The molecule has 1 amide bonds. The molecule has 3 rings (SSSR count). The van der Waals surface area contributed by atoms with E-state index in [2.05, 4.69) is 30.6 Å². The molecule has 132 valence electrons. The summed E-state index contributed by atoms with van der Waals surface area (Å²) >= 11 is 0. The summed E-state index contributed by atoms with van der Waals surface area (Å²) in [5.41, 5.74) is 4.71. The molecule has 1 aromatic carbocycles. The molecule has 0 atom stereocenters. The van der Waals surface area contributed by atoms with Gasteiger partial charge in [0.2, 0.25) is 11.9 Å². The van der Waals surface area contributed by atoms with E-state index >= 15 is 0 Å². The van der Waals surface area contributed by atoms with Gasteiger partial charge in [0.25, 0.3) is 5.91 Å². The summed E-state index contributed by atoms with van der Waals surface area (Å²) < 4.78 is 0. The first-order valence-electron chi connectivity index (χ1n) is 8.22. The van der Waals surface area contributed by atoms with Gasteiger partial charge in [-0.25, -0.2) is 19.9 Å². The van der Waals surface area contributed by atoms with E-state index in [-0.39, 0.29) is 5.91 Å². The van der Waals surface area contributed by atoms with Crippen molar-refractivity contribution in [3.8, 4) is 0 Å². The molecule has 7 heteroatoms. The van der Waals surface area contributed by atoms with Crippen LogP contribution >= 0.6 is 0 Å². The van der Waals surface area contributed by atoms with Gasteiger partial charge >= 0.3 is 0 Å². The van der Waals surface area contributed by atoms with Crippen molar-refractivity contribution in [3.05, 3.63) is 64.7 Å². The average Bonchev–Trinajstić information content (AvgIpc) is 2.53. The van der Waals surface area contributed by atoms with Crippen LogP contribution in [0.15, 0.2) is 36.4 Å². The molecule has 0 saturated carbocycles. The minimum absolute atomic E-state index is 0.260. The van der Waals surface area contributed by atoms with Crippen molar-refractivity contribution in [3.63, 3.8) is 0 Å². The number of carbonyl (C=O) groups excluding carboxylic acids is 1. The molecule has 0 saturated heterocycles. The van der Waals surface area contributed by atoms with E-state index in [9.17, 15) is 4.79 Å². The lowest BCUT2D eigenvalue weighted by molar-refractivity contribution is 0.102. The smallest absolute Gasteiger partial charge is 0.258 e. The first-order chi connectivity index (χ1) is 12.4. The van der Waals surface area contributed by atoms with Crippen molar-refractivity contribution in [2.45, 2.75) is 27.7 Å². The monoisotopic (exact) mass is 348 g/mol. The molecule has 26 heavy (non-hydrogen) atoms. The van der Waals surface area contributed by atoms with Gasteiger partial charge in [-0.05, 0) is 64.1 Å². The topological polar surface area (TPSA) is 92.7 Å². The fraction of sp³-hybridized carbons (Fsp3) is 0.211. The van der Waals surface area contributed by atoms with Gasteiger partial charge in [0, 0.05) is 34.0 Å². The van der Waals surface area contributed by atoms with Crippen molar-refractivity contribution in [2.24, 2.45) is 0 Å². The van der Waals surface area contributed by atoms with Crippen LogP contribution < -0.4 is 10.6 Å². The highest BCUT2D eigenvalue weighted by molar-refractivity contribution is 6.03. The first-order valence-corrected chi connectivity index (χ1v) is 8.22. The average molecular weight is 348 g/mol. The van der Waals surface area contributed by atoms with Crippen LogP contribution in [0.25, 0.3) is 0 Å². The number of nitrogens with zero attached hydrogens (tertiary/aromatic N) is 4. The van der Waals surface area contributed by atoms with E-state index in [1.807, 2.05) is 39.8 Å². The molecule has 0 radical (unpaired) electrons. The highest BCUT2D eigenvalue weighted by Gasteiger charge is 2.09. The molecular weight excluding hydrogens is 328 g/mol. The molecule has 0 bridgehead atoms. The van der Waals surface area contributed by atoms with Crippen LogP contribution in [0.1, 0.15) is 33.1 Å². The van der Waals surface area contributed by atoms with E-state index < -0.39 is 0 Å². The fourth-order valence-electron chi connectivity index (χ4n) is 2.57. The summed E-state index contributed by atoms with van der Waals surface area (Å²) in [6.45, 7) is 7.56. The van der Waals surface area contributed by atoms with Crippen molar-refractivity contribution in [2.75, 3.05) is 10.6 Å². The zero-order valence-electron chi connectivity index (χ0n) is 15.2. The Bertz CT molecular complexity index is 912. The van der Waals surface area contributed by atoms with Gasteiger partial charge in [-0.3, -0.25) is 10.1 Å². The summed E-state index contributed by atoms with van der Waals surface area (Å²) in [6.07, 6.45) is 0. The molecule has 2 aromatic heterocycles. The van der Waals surface area contributed by atoms with Crippen LogP contribution in [0, 0.1) is 27.7 Å². The highest BCUT2D eigenvalue weighted by Crippen LogP contribution is 2.15. The third-order valence-corrected chi connectivity index (χ3v) is 3.59. The largest absolute Gasteiger partial charge is 0.324 e. The number of aryl methyl sites for hydroxylation is 4. The summed E-state index contributed by atoms with van der Waals surface area (Å²) in [5, 5.41) is 5.86. The van der Waals surface area contributed by atoms with E-state index in [1.165, 1.54) is 0 Å². The zero-order chi connectivity index (χ0) is 18.7. The van der Waals surface area contributed by atoms with Gasteiger partial charge in [0.1, 0.15) is 0 Å². The van der Waals surface area contributed by atoms with Crippen LogP contribution in [0.5, 0.6) is 0 Å². The minimum atomic E-state index is -0.260. The van der Waals surface area contributed by atoms with Gasteiger partial charge in [0.05, 0.1) is 0 Å². The van der Waals surface area contributed by atoms with E-state index in [0.29, 0.717) is 17.5 Å². The van der Waals surface area contributed by atoms with Crippen LogP contribution in [0.3, 0.4) is 0 Å². The van der Waals surface area contributed by atoms with Gasteiger partial charge in [-0.1, -0.05) is 0 Å². The molecule has 2 heterocycles. The van der Waals surface area contributed by atoms with E-state index in [0.717, 1.165) is 28.5 Å². The van der Waals surface area contributed by atoms with Gasteiger partial charge in [-0.2, -0.15) is 0 Å². The van der Waals surface area contributed by atoms with E-state index in [1.54, 1.807) is 24.3 Å². The zero-order valence-corrected chi connectivity index (χ0v) is 15.2. The molecule has 0 aliphatic carbocycles. The Kier molecular flexibility index (Phi) is 4.88. The molecule has 0 aliphatic heterocycles. The predicted octanol–water partition coefficient (Wildman–Crippen LogP) is 3.50. The Hall–Kier alpha value is -3.35. The Balaban J connectivity index is 1.71. The van der Waals surface area contributed by atoms with Crippen LogP contribution in [-0.2, 0) is 0 Å². The first kappa shape index (κ1) is 17.5. The van der Waals surface area contributed by atoms with Crippen molar-refractivity contribution >= 4 is 23.5 Å². The highest BCUT2D eigenvalue weighted by atomic mass is 16.1. The van der Waals surface area contributed by atoms with Gasteiger partial charge in [0.15, 0.2) is 0 Å². The summed E-state index contributed by atoms with van der Waals surface area (Å²) in [6, 6.07) is 10.8. The molecule has 3 aromatic rings. The molecule has 0 fully saturated rings. The number of benzene rings is 1. The molecule has 0 spiro atoms. The maximum absolute atomic E-state index is 12.4. The SMILES string of the molecule is Cc1cc(C)nc(NC(=O)c2ccc(Nc3nc(C)cc(C)n3)cc2)n1. The third kappa shape index (κ3) is 4.38. The second-order valence-corrected chi connectivity index (χ2v) is 6.11. The predicted molar refractivity (Wildman–Crippen MR) is 101 cm³/mol. The lowest BCUT2D eigenvalue weighted by Gasteiger charge is -2.08. The number of amides is 1. The Morgan fingerprint density at radius 3 is 1.69 bits per heavy atom. The lowest BCUT2D eigenvalue weighted by Crippen LogP contribution is -2.15. The standard InChI is InChI=1S/C19H20N6O/c1-11-9-12(2)21-18(20-11)24-16-7-5-15(6-8-16)17(26)25-19-22-13(3)10-14(4)23-19/h5-10H,1-4H3,(H,20,21,24)(H,22,23,25,26). The molecule has 7 nitrogen and oxygen atoms in total. The number of nitrogens with one attached hydrogen (secondary N) is 2. The Labute approximate surface area is 152 Å². The van der Waals surface area contributed by atoms with E-state index in [4.69, 9.17) is 0 Å². The summed E-state index contributed by atoms with van der Waals surface area (Å²) in [7, 11) is 0. The number of hydrogen-bond donors (Lipinski definition) is 2. The second kappa shape index (κ2) is 7.26. The Morgan fingerprint density at radius 2 is 1.19 bits per heavy atom. The molecular formula is C19H20N6O. The molecule has 2 N–H and O–H groups in total. The molecule has 0 unspecified atom stereocenters. The van der Waals surface area contributed by atoms with Crippen LogP contribution in [0.2, 0.25) is 0 Å². The third-order valence-electron chi connectivity index (χ3n) is 3.59. The van der Waals surface area contributed by atoms with Gasteiger partial charge < -0.3 is 5.32 Å². The second-order valence-electron chi connectivity index (χ2n) is 6.11. The quantitative estimate of drug-likeness (QED) is 0.750. The molecule has 0 aliphatic rings. The van der Waals surface area contributed by atoms with Crippen molar-refractivity contribution < 1.29 is 4.79 Å². The number of hydrogen-bond acceptors (Lipinski definition) is 6. The number of anilines is 3. The lowest BCUT2D eigenvalue weighted by atomic mass is 10.2. The maximum Gasteiger partial charge on any atom is 0.258 e. The normalized spacial score (nSPS) is 10.5. The maximum atomic E-state index is 12.4. The van der Waals surface area contributed by atoms with Crippen molar-refractivity contribution in [1.29, 1.82) is 0 Å².